The smallest absolute Gasteiger partial charge is 0.272 e. The first kappa shape index (κ1) is 17.0. The number of hydrogen-bond donors (Lipinski definition) is 1. The molecular weight excluding hydrogens is 345 g/mol. The minimum Gasteiger partial charge on any atom is -0.471 e. The first-order chi connectivity index (χ1) is 12.1. The molecule has 3 rings (SSSR count). The van der Waals surface area contributed by atoms with Gasteiger partial charge in [-0.05, 0) is 42.0 Å². The van der Waals surface area contributed by atoms with Gasteiger partial charge in [-0.15, -0.1) is 0 Å². The van der Waals surface area contributed by atoms with Gasteiger partial charge in [-0.2, -0.15) is 5.10 Å². The van der Waals surface area contributed by atoms with Crippen molar-refractivity contribution >= 4 is 17.5 Å². The van der Waals surface area contributed by atoms with Crippen molar-refractivity contribution in [3.63, 3.8) is 0 Å². The molecule has 5 nitrogen and oxygen atoms in total. The summed E-state index contributed by atoms with van der Waals surface area (Å²) < 4.78 is 19.9. The highest BCUT2D eigenvalue weighted by molar-refractivity contribution is 6.30. The highest BCUT2D eigenvalue weighted by Crippen LogP contribution is 2.17. The average Bonchev–Trinajstić information content (AvgIpc) is 3.08. The third kappa shape index (κ3) is 4.81. The van der Waals surface area contributed by atoms with Gasteiger partial charge in [0.15, 0.2) is 6.73 Å². The van der Waals surface area contributed by atoms with Crippen molar-refractivity contribution in [1.82, 2.24) is 15.1 Å². The first-order valence-corrected chi connectivity index (χ1v) is 7.92. The summed E-state index contributed by atoms with van der Waals surface area (Å²) in [5.74, 6) is -0.00957. The van der Waals surface area contributed by atoms with Gasteiger partial charge in [0.1, 0.15) is 17.3 Å². The van der Waals surface area contributed by atoms with E-state index in [9.17, 15) is 9.18 Å². The van der Waals surface area contributed by atoms with E-state index < -0.39 is 0 Å². The number of benzene rings is 2. The standard InChI is InChI=1S/C18H15ClFN3O2/c19-14-2-1-3-16(10-14)25-12-23-9-8-17(22-23)18(24)21-11-13-4-6-15(20)7-5-13/h1-10H,11-12H2,(H,21,24). The molecule has 1 aromatic heterocycles. The largest absolute Gasteiger partial charge is 0.471 e. The van der Waals surface area contributed by atoms with Crippen LogP contribution < -0.4 is 10.1 Å². The number of carbonyl (C=O) groups excluding carboxylic acids is 1. The Bertz CT molecular complexity index is 865. The normalized spacial score (nSPS) is 10.5. The van der Waals surface area contributed by atoms with E-state index in [-0.39, 0.29) is 24.1 Å². The molecule has 1 amide bonds. The predicted molar refractivity (Wildman–Crippen MR) is 91.9 cm³/mol. The third-order valence-corrected chi connectivity index (χ3v) is 3.63. The Hall–Kier alpha value is -2.86. The van der Waals surface area contributed by atoms with Crippen LogP contribution in [0.15, 0.2) is 60.8 Å². The monoisotopic (exact) mass is 359 g/mol. The second kappa shape index (κ2) is 7.81. The van der Waals surface area contributed by atoms with Crippen LogP contribution >= 0.6 is 11.6 Å². The lowest BCUT2D eigenvalue weighted by Gasteiger charge is -2.06. The molecule has 0 bridgehead atoms. The quantitative estimate of drug-likeness (QED) is 0.731. The second-order valence-corrected chi connectivity index (χ2v) is 5.72. The Balaban J connectivity index is 1.53. The molecule has 2 aromatic carbocycles. The number of hydrogen-bond acceptors (Lipinski definition) is 3. The Labute approximate surface area is 149 Å². The summed E-state index contributed by atoms with van der Waals surface area (Å²) in [6.07, 6.45) is 1.65. The fraction of sp³-hybridized carbons (Fsp3) is 0.111. The highest BCUT2D eigenvalue weighted by Gasteiger charge is 2.09. The van der Waals surface area contributed by atoms with Crippen LogP contribution in [-0.4, -0.2) is 15.7 Å². The van der Waals surface area contributed by atoms with Crippen LogP contribution in [0, 0.1) is 5.82 Å². The summed E-state index contributed by atoms with van der Waals surface area (Å²) in [5, 5.41) is 7.48. The SMILES string of the molecule is O=C(NCc1ccc(F)cc1)c1ccn(COc2cccc(Cl)c2)n1. The van der Waals surface area contributed by atoms with Gasteiger partial charge >= 0.3 is 0 Å². The van der Waals surface area contributed by atoms with Crippen molar-refractivity contribution in [3.8, 4) is 5.75 Å². The predicted octanol–water partition coefficient (Wildman–Crippen LogP) is 3.64. The fourth-order valence-electron chi connectivity index (χ4n) is 2.13. The van der Waals surface area contributed by atoms with Crippen LogP contribution in [0.2, 0.25) is 5.02 Å². The molecule has 1 N–H and O–H groups in total. The van der Waals surface area contributed by atoms with Crippen molar-refractivity contribution in [2.75, 3.05) is 0 Å². The summed E-state index contributed by atoms with van der Waals surface area (Å²) in [5.41, 5.74) is 1.08. The van der Waals surface area contributed by atoms with Crippen molar-refractivity contribution < 1.29 is 13.9 Å². The molecule has 0 spiro atoms. The molecule has 1 heterocycles. The molecule has 0 aliphatic carbocycles. The molecule has 0 radical (unpaired) electrons. The van der Waals surface area contributed by atoms with Gasteiger partial charge in [0.05, 0.1) is 0 Å². The van der Waals surface area contributed by atoms with Crippen molar-refractivity contribution in [2.24, 2.45) is 0 Å². The maximum absolute atomic E-state index is 12.9. The van der Waals surface area contributed by atoms with E-state index in [1.807, 2.05) is 0 Å². The van der Waals surface area contributed by atoms with E-state index in [4.69, 9.17) is 16.3 Å². The number of ether oxygens (including phenoxy) is 1. The van der Waals surface area contributed by atoms with E-state index in [0.29, 0.717) is 17.3 Å². The number of carbonyl (C=O) groups is 1. The Morgan fingerprint density at radius 1 is 1.20 bits per heavy atom. The van der Waals surface area contributed by atoms with E-state index in [1.54, 1.807) is 48.7 Å². The average molecular weight is 360 g/mol. The summed E-state index contributed by atoms with van der Waals surface area (Å²) >= 11 is 5.89. The van der Waals surface area contributed by atoms with Crippen molar-refractivity contribution in [1.29, 1.82) is 0 Å². The van der Waals surface area contributed by atoms with E-state index in [0.717, 1.165) is 5.56 Å². The number of rotatable bonds is 6. The number of amides is 1. The number of aromatic nitrogens is 2. The van der Waals surface area contributed by atoms with Gasteiger partial charge in [-0.1, -0.05) is 29.8 Å². The highest BCUT2D eigenvalue weighted by atomic mass is 35.5. The molecule has 0 aliphatic heterocycles. The van der Waals surface area contributed by atoms with Crippen LogP contribution in [0.4, 0.5) is 4.39 Å². The number of nitrogens with zero attached hydrogens (tertiary/aromatic N) is 2. The molecule has 3 aromatic rings. The number of halogens is 2. The molecule has 0 atom stereocenters. The van der Waals surface area contributed by atoms with Gasteiger partial charge < -0.3 is 10.1 Å². The molecule has 25 heavy (non-hydrogen) atoms. The zero-order valence-electron chi connectivity index (χ0n) is 13.2. The van der Waals surface area contributed by atoms with Crippen LogP contribution in [0.3, 0.4) is 0 Å². The molecule has 128 valence electrons. The topological polar surface area (TPSA) is 56.2 Å². The van der Waals surface area contributed by atoms with E-state index >= 15 is 0 Å². The minimum atomic E-state index is -0.314. The molecule has 0 unspecified atom stereocenters. The van der Waals surface area contributed by atoms with Crippen LogP contribution in [-0.2, 0) is 13.3 Å². The summed E-state index contributed by atoms with van der Waals surface area (Å²) in [6, 6.07) is 14.6. The van der Waals surface area contributed by atoms with Gasteiger partial charge in [0, 0.05) is 17.8 Å². The van der Waals surface area contributed by atoms with Crippen molar-refractivity contribution in [3.05, 3.63) is 82.9 Å². The summed E-state index contributed by atoms with van der Waals surface area (Å²) in [6.45, 7) is 0.455. The van der Waals surface area contributed by atoms with Gasteiger partial charge in [-0.3, -0.25) is 4.79 Å². The Morgan fingerprint density at radius 2 is 2.00 bits per heavy atom. The lowest BCUT2D eigenvalue weighted by molar-refractivity contribution is 0.0944. The maximum Gasteiger partial charge on any atom is 0.272 e. The van der Waals surface area contributed by atoms with Gasteiger partial charge in [-0.25, -0.2) is 9.07 Å². The first-order valence-electron chi connectivity index (χ1n) is 7.54. The molecule has 0 aliphatic rings. The van der Waals surface area contributed by atoms with Gasteiger partial charge in [0.2, 0.25) is 0 Å². The Kier molecular flexibility index (Phi) is 5.30. The lowest BCUT2D eigenvalue weighted by Crippen LogP contribution is -2.23. The fourth-order valence-corrected chi connectivity index (χ4v) is 2.31. The Morgan fingerprint density at radius 3 is 2.76 bits per heavy atom. The molecule has 0 saturated heterocycles. The maximum atomic E-state index is 12.9. The molecule has 0 fully saturated rings. The van der Waals surface area contributed by atoms with Crippen LogP contribution in [0.1, 0.15) is 16.1 Å². The summed E-state index contributed by atoms with van der Waals surface area (Å²) in [4.78, 5) is 12.1. The van der Waals surface area contributed by atoms with Crippen LogP contribution in [0.5, 0.6) is 5.75 Å². The number of nitrogens with one attached hydrogen (secondary N) is 1. The second-order valence-electron chi connectivity index (χ2n) is 5.28. The zero-order valence-corrected chi connectivity index (χ0v) is 13.9. The van der Waals surface area contributed by atoms with Crippen molar-refractivity contribution in [2.45, 2.75) is 13.3 Å². The summed E-state index contributed by atoms with van der Waals surface area (Å²) in [7, 11) is 0. The molecule has 7 heteroatoms. The van der Waals surface area contributed by atoms with Crippen LogP contribution in [0.25, 0.3) is 0 Å². The van der Waals surface area contributed by atoms with E-state index in [1.165, 1.54) is 16.8 Å². The van der Waals surface area contributed by atoms with E-state index in [2.05, 4.69) is 10.4 Å². The minimum absolute atomic E-state index is 0.158. The third-order valence-electron chi connectivity index (χ3n) is 3.40. The van der Waals surface area contributed by atoms with Gasteiger partial charge in [0.25, 0.3) is 5.91 Å². The molecule has 0 saturated carbocycles. The lowest BCUT2D eigenvalue weighted by atomic mass is 10.2. The molecular formula is C18H15ClFN3O2. The zero-order chi connectivity index (χ0) is 17.6.